The minimum absolute atomic E-state index is 0. The molecule has 0 aliphatic carbocycles. The smallest absolute Gasteiger partial charge is 0.184 e. The van der Waals surface area contributed by atoms with Gasteiger partial charge in [0.05, 0.1) is 24.4 Å². The van der Waals surface area contributed by atoms with E-state index in [0.29, 0.717) is 25.7 Å². The summed E-state index contributed by atoms with van der Waals surface area (Å²) in [6, 6.07) is 0. The van der Waals surface area contributed by atoms with E-state index in [1.165, 1.54) is 12.2 Å². The van der Waals surface area contributed by atoms with E-state index in [2.05, 4.69) is 0 Å². The number of hydrogen-bond acceptors (Lipinski definition) is 13. The standard InChI is InChI=1S/C6H12O4.C6H12O3.C6H10O3.C6H8O3.H2O/c1-3-6(9)4(7)2-5(8)10-3;3*1-4-5(7)2-3-6(8)9-4;/h3-9H,2H2,1H3;4-8H,2-3H2,1H3;4,6,8H,2-3H2,1H3;2-4,6,8H,1H3;1H2/t3?,4-,5?,6+;4?,5-,6?;4-,6?;;/m000../s1. The lowest BCUT2D eigenvalue weighted by Crippen LogP contribution is -2.46. The van der Waals surface area contributed by atoms with Gasteiger partial charge in [0.2, 0.25) is 0 Å². The van der Waals surface area contributed by atoms with Crippen LogP contribution in [0.25, 0.3) is 0 Å². The van der Waals surface area contributed by atoms with E-state index >= 15 is 0 Å². The first kappa shape index (κ1) is 36.6. The molecule has 3 fully saturated rings. The average molecular weight is 557 g/mol. The fourth-order valence-corrected chi connectivity index (χ4v) is 3.48. The number of carbonyl (C=O) groups excluding carboxylic acids is 2. The Hall–Kier alpha value is -1.40. The van der Waals surface area contributed by atoms with Crippen LogP contribution in [0, 0.1) is 0 Å². The molecule has 224 valence electrons. The normalized spacial score (nSPS) is 40.7. The lowest BCUT2D eigenvalue weighted by molar-refractivity contribution is -0.226. The van der Waals surface area contributed by atoms with Gasteiger partial charge in [-0.2, -0.15) is 0 Å². The molecule has 7 unspecified atom stereocenters. The Morgan fingerprint density at radius 2 is 1.26 bits per heavy atom. The lowest BCUT2D eigenvalue weighted by atomic mass is 10.0. The predicted octanol–water partition coefficient (Wildman–Crippen LogP) is -2.20. The molecule has 4 aliphatic heterocycles. The minimum atomic E-state index is -0.937. The highest BCUT2D eigenvalue weighted by atomic mass is 16.6. The maximum Gasteiger partial charge on any atom is 0.184 e. The van der Waals surface area contributed by atoms with E-state index in [9.17, 15) is 9.59 Å². The summed E-state index contributed by atoms with van der Waals surface area (Å²) in [6.45, 7) is 6.63. The van der Waals surface area contributed by atoms with Crippen LogP contribution in [0.5, 0.6) is 0 Å². The van der Waals surface area contributed by atoms with Crippen molar-refractivity contribution in [1.29, 1.82) is 0 Å². The Morgan fingerprint density at radius 1 is 0.684 bits per heavy atom. The topological polar surface area (TPSA) is 244 Å². The molecule has 4 aliphatic rings. The molecular weight excluding hydrogens is 512 g/mol. The third-order valence-electron chi connectivity index (χ3n) is 5.93. The summed E-state index contributed by atoms with van der Waals surface area (Å²) >= 11 is 0. The first-order valence-corrected chi connectivity index (χ1v) is 12.3. The molecule has 9 N–H and O–H groups in total. The summed E-state index contributed by atoms with van der Waals surface area (Å²) < 4.78 is 19.2. The van der Waals surface area contributed by atoms with Gasteiger partial charge in [0.15, 0.2) is 36.7 Å². The molecule has 0 aromatic carbocycles. The van der Waals surface area contributed by atoms with Crippen LogP contribution in [0.15, 0.2) is 12.2 Å². The maximum atomic E-state index is 10.7. The first-order chi connectivity index (χ1) is 17.2. The van der Waals surface area contributed by atoms with Gasteiger partial charge in [0.1, 0.15) is 18.3 Å². The second-order valence-electron chi connectivity index (χ2n) is 9.20. The molecule has 0 aromatic heterocycles. The summed E-state index contributed by atoms with van der Waals surface area (Å²) in [5, 5.41) is 62.5. The van der Waals surface area contributed by atoms with Gasteiger partial charge in [0.25, 0.3) is 0 Å². The molecular formula is C24H44O14. The Balaban J connectivity index is 0.000000477. The van der Waals surface area contributed by atoms with Gasteiger partial charge in [-0.1, -0.05) is 0 Å². The molecule has 3 saturated heterocycles. The van der Waals surface area contributed by atoms with Crippen molar-refractivity contribution >= 4 is 11.6 Å². The summed E-state index contributed by atoms with van der Waals surface area (Å²) in [7, 11) is 0. The zero-order valence-corrected chi connectivity index (χ0v) is 22.1. The number of ketones is 2. The molecule has 0 saturated carbocycles. The Kier molecular flexibility index (Phi) is 17.4. The van der Waals surface area contributed by atoms with Crippen LogP contribution in [0.2, 0.25) is 0 Å². The predicted molar refractivity (Wildman–Crippen MR) is 130 cm³/mol. The molecule has 0 aromatic rings. The van der Waals surface area contributed by atoms with Crippen LogP contribution < -0.4 is 0 Å². The number of ether oxygens (including phenoxy) is 4. The molecule has 14 heteroatoms. The molecule has 0 spiro atoms. The fraction of sp³-hybridized carbons (Fsp3) is 0.833. The number of Topliss-reactive ketones (excluding diaryl/α,β-unsaturated/α-hetero) is 1. The van der Waals surface area contributed by atoms with Gasteiger partial charge in [0, 0.05) is 25.7 Å². The van der Waals surface area contributed by atoms with Crippen LogP contribution in [0.3, 0.4) is 0 Å². The van der Waals surface area contributed by atoms with E-state index in [-0.39, 0.29) is 29.6 Å². The van der Waals surface area contributed by atoms with Crippen molar-refractivity contribution in [3.05, 3.63) is 12.2 Å². The summed E-state index contributed by atoms with van der Waals surface area (Å²) in [5.74, 6) is -0.0133. The van der Waals surface area contributed by atoms with Crippen LogP contribution in [-0.2, 0) is 28.5 Å². The van der Waals surface area contributed by atoms with Gasteiger partial charge in [-0.15, -0.1) is 0 Å². The van der Waals surface area contributed by atoms with Crippen molar-refractivity contribution in [3.8, 4) is 0 Å². The Bertz CT molecular complexity index is 706. The highest BCUT2D eigenvalue weighted by molar-refractivity contribution is 5.93. The third-order valence-corrected chi connectivity index (χ3v) is 5.93. The number of hydrogen-bond donors (Lipinski definition) is 7. The third kappa shape index (κ3) is 13.6. The number of aliphatic hydroxyl groups excluding tert-OH is 7. The zero-order valence-electron chi connectivity index (χ0n) is 22.1. The van der Waals surface area contributed by atoms with Crippen molar-refractivity contribution in [1.82, 2.24) is 0 Å². The van der Waals surface area contributed by atoms with E-state index in [1.807, 2.05) is 0 Å². The van der Waals surface area contributed by atoms with Gasteiger partial charge < -0.3 is 60.2 Å². The van der Waals surface area contributed by atoms with Gasteiger partial charge in [-0.3, -0.25) is 9.59 Å². The molecule has 0 radical (unpaired) electrons. The van der Waals surface area contributed by atoms with Crippen LogP contribution >= 0.6 is 0 Å². The SMILES string of the molecule is CC1OC(O)C=CC1=O.CC1OC(O)CC[C@@H]1O.CC1OC(O)C[C@H](O)[C@@H]1O.C[C@@H]1OC(O)CCC1=O.O. The second-order valence-corrected chi connectivity index (χ2v) is 9.20. The monoisotopic (exact) mass is 556 g/mol. The van der Waals surface area contributed by atoms with Crippen LogP contribution in [0.4, 0.5) is 0 Å². The summed E-state index contributed by atoms with van der Waals surface area (Å²) in [6.07, 6.45) is -2.14. The molecule has 4 heterocycles. The van der Waals surface area contributed by atoms with Crippen LogP contribution in [-0.4, -0.2) is 121 Å². The van der Waals surface area contributed by atoms with Crippen molar-refractivity contribution in [2.45, 2.75) is 128 Å². The zero-order chi connectivity index (χ0) is 28.3. The minimum Gasteiger partial charge on any atom is -0.412 e. The maximum absolute atomic E-state index is 10.7. The highest BCUT2D eigenvalue weighted by Gasteiger charge is 2.32. The number of carbonyl (C=O) groups is 2. The summed E-state index contributed by atoms with van der Waals surface area (Å²) in [4.78, 5) is 21.3. The molecule has 0 bridgehead atoms. The molecule has 4 rings (SSSR count). The van der Waals surface area contributed by atoms with E-state index < -0.39 is 61.8 Å². The van der Waals surface area contributed by atoms with E-state index in [4.69, 9.17) is 54.7 Å². The van der Waals surface area contributed by atoms with Crippen molar-refractivity contribution < 1.29 is 69.8 Å². The molecule has 14 nitrogen and oxygen atoms in total. The number of aliphatic hydroxyl groups is 7. The molecule has 11 atom stereocenters. The molecule has 0 amide bonds. The lowest BCUT2D eigenvalue weighted by Gasteiger charge is -2.32. The highest BCUT2D eigenvalue weighted by Crippen LogP contribution is 2.18. The van der Waals surface area contributed by atoms with Crippen molar-refractivity contribution in [2.75, 3.05) is 0 Å². The van der Waals surface area contributed by atoms with Crippen LogP contribution in [0.1, 0.15) is 59.8 Å². The quantitative estimate of drug-likeness (QED) is 0.168. The number of rotatable bonds is 0. The first-order valence-electron chi connectivity index (χ1n) is 12.3. The molecule has 38 heavy (non-hydrogen) atoms. The van der Waals surface area contributed by atoms with Crippen molar-refractivity contribution in [2.24, 2.45) is 0 Å². The largest absolute Gasteiger partial charge is 0.412 e. The second kappa shape index (κ2) is 18.0. The Morgan fingerprint density at radius 3 is 1.71 bits per heavy atom. The Labute approximate surface area is 221 Å². The van der Waals surface area contributed by atoms with Gasteiger partial charge >= 0.3 is 0 Å². The summed E-state index contributed by atoms with van der Waals surface area (Å²) in [5.41, 5.74) is 0. The average Bonchev–Trinajstić information content (AvgIpc) is 2.81. The van der Waals surface area contributed by atoms with Crippen molar-refractivity contribution in [3.63, 3.8) is 0 Å². The fourth-order valence-electron chi connectivity index (χ4n) is 3.48. The van der Waals surface area contributed by atoms with Gasteiger partial charge in [-0.05, 0) is 46.3 Å². The van der Waals surface area contributed by atoms with E-state index in [0.717, 1.165) is 0 Å². The van der Waals surface area contributed by atoms with E-state index in [1.54, 1.807) is 27.7 Å². The van der Waals surface area contributed by atoms with Gasteiger partial charge in [-0.25, -0.2) is 0 Å².